The summed E-state index contributed by atoms with van der Waals surface area (Å²) < 4.78 is 0. The summed E-state index contributed by atoms with van der Waals surface area (Å²) in [4.78, 5) is 27.8. The number of allylic oxidation sites excluding steroid dienone is 4. The molecule has 20 heavy (non-hydrogen) atoms. The van der Waals surface area contributed by atoms with E-state index in [1.807, 2.05) is 6.07 Å². The lowest BCUT2D eigenvalue weighted by molar-refractivity contribution is -0.112. The third-order valence-corrected chi connectivity index (χ3v) is 2.70. The molecular weight excluding hydrogens is 256 g/mol. The van der Waals surface area contributed by atoms with Crippen molar-refractivity contribution in [3.8, 4) is 0 Å². The Balaban J connectivity index is 2.00. The van der Waals surface area contributed by atoms with Gasteiger partial charge in [-0.25, -0.2) is 4.79 Å². The van der Waals surface area contributed by atoms with Gasteiger partial charge in [0.1, 0.15) is 5.71 Å². The minimum atomic E-state index is -0.683. The average Bonchev–Trinajstić information content (AvgIpc) is 2.43. The van der Waals surface area contributed by atoms with Gasteiger partial charge in [-0.15, -0.1) is 0 Å². The van der Waals surface area contributed by atoms with Gasteiger partial charge in [0, 0.05) is 5.69 Å². The fourth-order valence-corrected chi connectivity index (χ4v) is 1.74. The lowest BCUT2D eigenvalue weighted by Crippen LogP contribution is -2.14. The van der Waals surface area contributed by atoms with Crippen molar-refractivity contribution in [1.82, 2.24) is 0 Å². The lowest BCUT2D eigenvalue weighted by Gasteiger charge is -2.08. The molecule has 0 atom stereocenters. The molecule has 0 bridgehead atoms. The molecule has 0 fully saturated rings. The van der Waals surface area contributed by atoms with Crippen LogP contribution in [0.1, 0.15) is 13.8 Å². The highest BCUT2D eigenvalue weighted by atomic mass is 16.7. The second-order valence-corrected chi connectivity index (χ2v) is 4.37. The summed E-state index contributed by atoms with van der Waals surface area (Å²) in [6.45, 7) is 3.39. The number of Topliss-reactive ketones (excluding diaryl/α,β-unsaturated/α-hetero) is 1. The largest absolute Gasteiger partial charge is 0.437 e. The zero-order valence-corrected chi connectivity index (χ0v) is 11.2. The fourth-order valence-electron chi connectivity index (χ4n) is 1.74. The first-order valence-electron chi connectivity index (χ1n) is 6.08. The summed E-state index contributed by atoms with van der Waals surface area (Å²) in [6, 6.07) is 8.92. The molecule has 0 saturated heterocycles. The van der Waals surface area contributed by atoms with Crippen LogP contribution in [-0.4, -0.2) is 17.6 Å². The van der Waals surface area contributed by atoms with E-state index in [4.69, 9.17) is 4.84 Å². The van der Waals surface area contributed by atoms with E-state index in [0.717, 1.165) is 0 Å². The summed E-state index contributed by atoms with van der Waals surface area (Å²) in [7, 11) is 0. The Kier molecular flexibility index (Phi) is 4.10. The van der Waals surface area contributed by atoms with Crippen molar-refractivity contribution >= 4 is 23.3 Å². The molecule has 0 aliphatic heterocycles. The van der Waals surface area contributed by atoms with Crippen LogP contribution >= 0.6 is 0 Å². The van der Waals surface area contributed by atoms with Crippen LogP contribution in [0.15, 0.2) is 58.8 Å². The molecule has 1 aromatic carbocycles. The number of carbonyl (C=O) groups excluding carboxylic acids is 2. The molecule has 1 aliphatic carbocycles. The van der Waals surface area contributed by atoms with Crippen LogP contribution in [0.4, 0.5) is 10.5 Å². The molecule has 0 heterocycles. The minimum Gasteiger partial charge on any atom is -0.297 e. The number of nitrogens with zero attached hydrogens (tertiary/aromatic N) is 1. The minimum absolute atomic E-state index is 0.0299. The maximum atomic E-state index is 11.5. The Hall–Kier alpha value is -2.69. The lowest BCUT2D eigenvalue weighted by atomic mass is 9.98. The topological polar surface area (TPSA) is 67.8 Å². The van der Waals surface area contributed by atoms with Gasteiger partial charge in [-0.1, -0.05) is 23.4 Å². The number of benzene rings is 1. The Morgan fingerprint density at radius 3 is 2.30 bits per heavy atom. The van der Waals surface area contributed by atoms with Gasteiger partial charge in [0.05, 0.1) is 0 Å². The van der Waals surface area contributed by atoms with E-state index in [0.29, 0.717) is 22.5 Å². The summed E-state index contributed by atoms with van der Waals surface area (Å²) in [6.07, 6.45) is 2.47. The molecule has 0 saturated carbocycles. The normalized spacial score (nSPS) is 14.3. The second kappa shape index (κ2) is 5.97. The van der Waals surface area contributed by atoms with Crippen molar-refractivity contribution < 1.29 is 14.4 Å². The van der Waals surface area contributed by atoms with Gasteiger partial charge in [0.15, 0.2) is 5.78 Å². The molecular formula is C15H14N2O3. The maximum Gasteiger partial charge on any atom is 0.437 e. The Morgan fingerprint density at radius 2 is 1.70 bits per heavy atom. The molecule has 2 rings (SSSR count). The Bertz CT molecular complexity index is 604. The molecule has 1 amide bonds. The number of rotatable bonds is 2. The van der Waals surface area contributed by atoms with Crippen LogP contribution in [-0.2, 0) is 9.63 Å². The summed E-state index contributed by atoms with van der Waals surface area (Å²) in [5.74, 6) is -0.0299. The van der Waals surface area contributed by atoms with E-state index in [1.54, 1.807) is 50.3 Å². The molecule has 5 nitrogen and oxygen atoms in total. The van der Waals surface area contributed by atoms with Crippen molar-refractivity contribution in [2.24, 2.45) is 5.16 Å². The highest BCUT2D eigenvalue weighted by Gasteiger charge is 2.14. The average molecular weight is 270 g/mol. The number of nitrogens with one attached hydrogen (secondary N) is 1. The second-order valence-electron chi connectivity index (χ2n) is 4.37. The molecule has 0 unspecified atom stereocenters. The van der Waals surface area contributed by atoms with Crippen molar-refractivity contribution in [1.29, 1.82) is 0 Å². The van der Waals surface area contributed by atoms with Crippen molar-refractivity contribution in [2.75, 3.05) is 5.32 Å². The molecule has 0 radical (unpaired) electrons. The number of hydrogen-bond donors (Lipinski definition) is 1. The van der Waals surface area contributed by atoms with Crippen LogP contribution in [0.2, 0.25) is 0 Å². The standard InChI is InChI=1S/C15H14N2O3/c1-10-8-13(9-11(2)14(10)18)17-20-15(19)16-12-6-4-3-5-7-12/h3-9H,1-2H3,(H,16,19). The van der Waals surface area contributed by atoms with Crippen molar-refractivity contribution in [3.63, 3.8) is 0 Å². The summed E-state index contributed by atoms with van der Waals surface area (Å²) >= 11 is 0. The van der Waals surface area contributed by atoms with Crippen molar-refractivity contribution in [2.45, 2.75) is 13.8 Å². The van der Waals surface area contributed by atoms with Crippen LogP contribution in [0, 0.1) is 0 Å². The maximum absolute atomic E-state index is 11.5. The van der Waals surface area contributed by atoms with Gasteiger partial charge in [-0.2, -0.15) is 0 Å². The van der Waals surface area contributed by atoms with Gasteiger partial charge >= 0.3 is 6.09 Å². The number of hydrogen-bond acceptors (Lipinski definition) is 4. The number of carbonyl (C=O) groups is 2. The molecule has 1 aromatic rings. The summed E-state index contributed by atoms with van der Waals surface area (Å²) in [5.41, 5.74) is 2.18. The molecule has 5 heteroatoms. The third kappa shape index (κ3) is 3.41. The van der Waals surface area contributed by atoms with Crippen LogP contribution in [0.5, 0.6) is 0 Å². The van der Waals surface area contributed by atoms with Crippen LogP contribution < -0.4 is 5.32 Å². The molecule has 1 N–H and O–H groups in total. The zero-order chi connectivity index (χ0) is 14.5. The van der Waals surface area contributed by atoms with E-state index in [1.165, 1.54) is 0 Å². The quantitative estimate of drug-likeness (QED) is 0.510. The monoisotopic (exact) mass is 270 g/mol. The first kappa shape index (κ1) is 13.7. The third-order valence-electron chi connectivity index (χ3n) is 2.70. The van der Waals surface area contributed by atoms with Crippen LogP contribution in [0.25, 0.3) is 0 Å². The van der Waals surface area contributed by atoms with E-state index in [9.17, 15) is 9.59 Å². The molecule has 1 aliphatic rings. The van der Waals surface area contributed by atoms with Gasteiger partial charge < -0.3 is 0 Å². The predicted molar refractivity (Wildman–Crippen MR) is 76.5 cm³/mol. The smallest absolute Gasteiger partial charge is 0.297 e. The van der Waals surface area contributed by atoms with Gasteiger partial charge in [-0.3, -0.25) is 14.9 Å². The highest BCUT2D eigenvalue weighted by molar-refractivity contribution is 6.21. The molecule has 0 aromatic heterocycles. The molecule has 102 valence electrons. The number of para-hydroxylation sites is 1. The van der Waals surface area contributed by atoms with Crippen LogP contribution in [0.3, 0.4) is 0 Å². The van der Waals surface area contributed by atoms with Gasteiger partial charge in [0.25, 0.3) is 0 Å². The van der Waals surface area contributed by atoms with Gasteiger partial charge in [0.2, 0.25) is 0 Å². The Morgan fingerprint density at radius 1 is 1.10 bits per heavy atom. The Labute approximate surface area is 116 Å². The first-order chi connectivity index (χ1) is 9.56. The van der Waals surface area contributed by atoms with E-state index >= 15 is 0 Å². The van der Waals surface area contributed by atoms with Gasteiger partial charge in [-0.05, 0) is 49.3 Å². The van der Waals surface area contributed by atoms with E-state index in [2.05, 4.69) is 10.5 Å². The first-order valence-corrected chi connectivity index (χ1v) is 6.08. The number of ketones is 1. The number of oxime groups is 1. The fraction of sp³-hybridized carbons (Fsp3) is 0.133. The highest BCUT2D eigenvalue weighted by Crippen LogP contribution is 2.12. The predicted octanol–water partition coefficient (Wildman–Crippen LogP) is 3.07. The number of anilines is 1. The summed E-state index contributed by atoms with van der Waals surface area (Å²) in [5, 5.41) is 6.25. The SMILES string of the molecule is CC1=CC(=NOC(=O)Nc2ccccc2)C=C(C)C1=O. The number of amides is 1. The zero-order valence-electron chi connectivity index (χ0n) is 11.2. The van der Waals surface area contributed by atoms with Crippen molar-refractivity contribution in [3.05, 3.63) is 53.6 Å². The molecule has 0 spiro atoms. The van der Waals surface area contributed by atoms with E-state index < -0.39 is 6.09 Å². The van der Waals surface area contributed by atoms with E-state index in [-0.39, 0.29) is 5.78 Å².